The fourth-order valence-corrected chi connectivity index (χ4v) is 2.48. The Hall–Kier alpha value is -2.63. The van der Waals surface area contributed by atoms with Crippen molar-refractivity contribution in [3.05, 3.63) is 82.2 Å². The Bertz CT molecular complexity index is 887. The van der Waals surface area contributed by atoms with Crippen LogP contribution >= 0.6 is 23.2 Å². The minimum atomic E-state index is -0.215. The lowest BCUT2D eigenvalue weighted by Gasteiger charge is -2.10. The van der Waals surface area contributed by atoms with Crippen LogP contribution in [0.4, 0.5) is 11.5 Å². The first-order valence-corrected chi connectivity index (χ1v) is 8.23. The van der Waals surface area contributed by atoms with E-state index in [0.29, 0.717) is 33.7 Å². The quantitative estimate of drug-likeness (QED) is 0.693. The van der Waals surface area contributed by atoms with Crippen LogP contribution in [0.15, 0.2) is 60.9 Å². The number of carbonyl (C=O) groups excluding carboxylic acids is 1. The summed E-state index contributed by atoms with van der Waals surface area (Å²) in [5.41, 5.74) is 1.88. The smallest absolute Gasteiger partial charge is 0.251 e. The average molecular weight is 373 g/mol. The second-order valence-electron chi connectivity index (χ2n) is 5.18. The summed E-state index contributed by atoms with van der Waals surface area (Å²) in [6.45, 7) is 0.352. The minimum absolute atomic E-state index is 0.215. The van der Waals surface area contributed by atoms with Crippen molar-refractivity contribution in [2.24, 2.45) is 0 Å². The summed E-state index contributed by atoms with van der Waals surface area (Å²) in [5, 5.41) is 6.95. The Morgan fingerprint density at radius 3 is 2.68 bits per heavy atom. The lowest BCUT2D eigenvalue weighted by Crippen LogP contribution is -2.23. The molecule has 0 bridgehead atoms. The molecule has 3 aromatic rings. The molecule has 25 heavy (non-hydrogen) atoms. The SMILES string of the molecule is O=C(NCc1ccccn1)c1ccnc(Nc2cc(Cl)ccc2Cl)c1. The zero-order valence-corrected chi connectivity index (χ0v) is 14.6. The molecule has 0 unspecified atom stereocenters. The maximum atomic E-state index is 12.3. The molecule has 3 rings (SSSR count). The lowest BCUT2D eigenvalue weighted by molar-refractivity contribution is 0.0950. The predicted octanol–water partition coefficient (Wildman–Crippen LogP) is 4.46. The van der Waals surface area contributed by atoms with Gasteiger partial charge >= 0.3 is 0 Å². The second kappa shape index (κ2) is 7.96. The van der Waals surface area contributed by atoms with E-state index in [0.717, 1.165) is 5.69 Å². The van der Waals surface area contributed by atoms with E-state index in [9.17, 15) is 4.79 Å². The van der Waals surface area contributed by atoms with E-state index in [1.807, 2.05) is 18.2 Å². The third-order valence-electron chi connectivity index (χ3n) is 3.37. The molecule has 2 heterocycles. The highest BCUT2D eigenvalue weighted by Gasteiger charge is 2.08. The van der Waals surface area contributed by atoms with Gasteiger partial charge in [0.2, 0.25) is 0 Å². The van der Waals surface area contributed by atoms with Gasteiger partial charge in [0.15, 0.2) is 0 Å². The molecule has 0 aliphatic carbocycles. The molecular weight excluding hydrogens is 359 g/mol. The molecule has 0 atom stereocenters. The number of aromatic nitrogens is 2. The zero-order valence-electron chi connectivity index (χ0n) is 13.0. The van der Waals surface area contributed by atoms with Gasteiger partial charge < -0.3 is 10.6 Å². The first-order chi connectivity index (χ1) is 12.1. The van der Waals surface area contributed by atoms with Crippen LogP contribution in [0, 0.1) is 0 Å². The van der Waals surface area contributed by atoms with E-state index in [-0.39, 0.29) is 5.91 Å². The summed E-state index contributed by atoms with van der Waals surface area (Å²) in [4.78, 5) is 20.7. The van der Waals surface area contributed by atoms with Crippen LogP contribution in [0.5, 0.6) is 0 Å². The van der Waals surface area contributed by atoms with Crippen molar-refractivity contribution in [3.8, 4) is 0 Å². The molecule has 126 valence electrons. The van der Waals surface area contributed by atoms with Gasteiger partial charge in [0.1, 0.15) is 5.82 Å². The molecule has 1 amide bonds. The predicted molar refractivity (Wildman–Crippen MR) is 99.4 cm³/mol. The molecule has 2 aromatic heterocycles. The molecule has 5 nitrogen and oxygen atoms in total. The van der Waals surface area contributed by atoms with Gasteiger partial charge in [-0.2, -0.15) is 0 Å². The fraction of sp³-hybridized carbons (Fsp3) is 0.0556. The van der Waals surface area contributed by atoms with Crippen LogP contribution in [-0.2, 0) is 6.54 Å². The van der Waals surface area contributed by atoms with Gasteiger partial charge in [0, 0.05) is 23.0 Å². The van der Waals surface area contributed by atoms with Crippen LogP contribution in [0.3, 0.4) is 0 Å². The van der Waals surface area contributed by atoms with Crippen molar-refractivity contribution in [2.75, 3.05) is 5.32 Å². The number of rotatable bonds is 5. The number of hydrogen-bond acceptors (Lipinski definition) is 4. The van der Waals surface area contributed by atoms with Crippen molar-refractivity contribution in [3.63, 3.8) is 0 Å². The number of anilines is 2. The molecule has 0 spiro atoms. The third kappa shape index (κ3) is 4.68. The van der Waals surface area contributed by atoms with Crippen LogP contribution in [0.2, 0.25) is 10.0 Å². The van der Waals surface area contributed by atoms with Gasteiger partial charge in [-0.05, 0) is 42.5 Å². The van der Waals surface area contributed by atoms with Gasteiger partial charge in [-0.3, -0.25) is 9.78 Å². The molecule has 0 saturated carbocycles. The molecule has 0 radical (unpaired) electrons. The Balaban J connectivity index is 1.70. The molecule has 2 N–H and O–H groups in total. The van der Waals surface area contributed by atoms with Gasteiger partial charge in [0.05, 0.1) is 22.9 Å². The van der Waals surface area contributed by atoms with Crippen molar-refractivity contribution in [1.29, 1.82) is 0 Å². The minimum Gasteiger partial charge on any atom is -0.346 e. The summed E-state index contributed by atoms with van der Waals surface area (Å²) >= 11 is 12.1. The van der Waals surface area contributed by atoms with Gasteiger partial charge in [-0.1, -0.05) is 29.3 Å². The molecule has 7 heteroatoms. The van der Waals surface area contributed by atoms with E-state index in [2.05, 4.69) is 20.6 Å². The van der Waals surface area contributed by atoms with Crippen LogP contribution < -0.4 is 10.6 Å². The molecule has 0 fully saturated rings. The monoisotopic (exact) mass is 372 g/mol. The summed E-state index contributed by atoms with van der Waals surface area (Å²) in [6.07, 6.45) is 3.24. The summed E-state index contributed by atoms with van der Waals surface area (Å²) in [5.74, 6) is 0.281. The standard InChI is InChI=1S/C18H14Cl2N4O/c19-13-4-5-15(20)16(10-13)24-17-9-12(6-8-22-17)18(25)23-11-14-3-1-2-7-21-14/h1-10H,11H2,(H,22,24)(H,23,25). The van der Waals surface area contributed by atoms with E-state index in [1.165, 1.54) is 0 Å². The molecule has 1 aromatic carbocycles. The highest BCUT2D eigenvalue weighted by atomic mass is 35.5. The summed E-state index contributed by atoms with van der Waals surface area (Å²) in [6, 6.07) is 13.9. The number of halogens is 2. The van der Waals surface area contributed by atoms with Crippen molar-refractivity contribution >= 4 is 40.6 Å². The number of nitrogens with one attached hydrogen (secondary N) is 2. The van der Waals surface area contributed by atoms with Crippen LogP contribution in [-0.4, -0.2) is 15.9 Å². The Labute approximate surface area is 155 Å². The largest absolute Gasteiger partial charge is 0.346 e. The molecule has 0 saturated heterocycles. The van der Waals surface area contributed by atoms with E-state index < -0.39 is 0 Å². The maximum absolute atomic E-state index is 12.3. The van der Waals surface area contributed by atoms with Crippen molar-refractivity contribution < 1.29 is 4.79 Å². The molecule has 0 aliphatic heterocycles. The van der Waals surface area contributed by atoms with E-state index in [4.69, 9.17) is 23.2 Å². The first kappa shape index (κ1) is 17.2. The van der Waals surface area contributed by atoms with Crippen molar-refractivity contribution in [1.82, 2.24) is 15.3 Å². The van der Waals surface area contributed by atoms with E-state index in [1.54, 1.807) is 42.7 Å². The molecule has 0 aliphatic rings. The topological polar surface area (TPSA) is 66.9 Å². The number of benzene rings is 1. The number of amides is 1. The van der Waals surface area contributed by atoms with Crippen molar-refractivity contribution in [2.45, 2.75) is 6.54 Å². The molecular formula is C18H14Cl2N4O. The third-order valence-corrected chi connectivity index (χ3v) is 3.93. The van der Waals surface area contributed by atoms with Gasteiger partial charge in [-0.15, -0.1) is 0 Å². The normalized spacial score (nSPS) is 10.3. The Morgan fingerprint density at radius 2 is 1.88 bits per heavy atom. The Morgan fingerprint density at radius 1 is 1.00 bits per heavy atom. The lowest BCUT2D eigenvalue weighted by atomic mass is 10.2. The fourth-order valence-electron chi connectivity index (χ4n) is 2.15. The number of hydrogen-bond donors (Lipinski definition) is 2. The Kier molecular flexibility index (Phi) is 5.48. The van der Waals surface area contributed by atoms with E-state index >= 15 is 0 Å². The number of nitrogens with zero attached hydrogens (tertiary/aromatic N) is 2. The summed E-state index contributed by atoms with van der Waals surface area (Å²) < 4.78 is 0. The number of pyridine rings is 2. The first-order valence-electron chi connectivity index (χ1n) is 7.48. The van der Waals surface area contributed by atoms with Crippen LogP contribution in [0.1, 0.15) is 16.1 Å². The van der Waals surface area contributed by atoms with Gasteiger partial charge in [-0.25, -0.2) is 4.98 Å². The maximum Gasteiger partial charge on any atom is 0.251 e. The highest BCUT2D eigenvalue weighted by molar-refractivity contribution is 6.35. The summed E-state index contributed by atoms with van der Waals surface area (Å²) in [7, 11) is 0. The number of carbonyl (C=O) groups is 1. The average Bonchev–Trinajstić information content (AvgIpc) is 2.64. The highest BCUT2D eigenvalue weighted by Crippen LogP contribution is 2.27. The zero-order chi connectivity index (χ0) is 17.6. The van der Waals surface area contributed by atoms with Gasteiger partial charge in [0.25, 0.3) is 5.91 Å². The second-order valence-corrected chi connectivity index (χ2v) is 6.03. The van der Waals surface area contributed by atoms with Crippen LogP contribution in [0.25, 0.3) is 0 Å².